The number of rotatable bonds is 36. The minimum absolute atomic E-state index is 0. The molecule has 0 fully saturated rings. The van der Waals surface area contributed by atoms with E-state index in [4.69, 9.17) is 94.2 Å². The molecule has 6 aromatic rings. The standard InChI is InChI=1S/C11H18N5O8P.C11H18N5O7P.C10H18N3O8P.C10H17N2O9P.CH4/c1-22-3-6(4-23-25(19,20)21)24-7(2-17)16-5-13-8-9(16)14-11(12)15-10(8)18;1-21-3-7(4-22-24(18,19)20)23-8(2-17)16-6-15-9-10(12)13-5-14-11(9)16;1-19-5-7(6-20-22(16,17)18)21-9(4-14)13-3-2-8(11)12-10(13)15;1-19-5-7(6-20-22(16,17)18)21-9(4-13)12-3-2-8(14)11-10(12)15;/h5-7,17H,2-4H2,1H3,(H2,19,20,21)(H3,12,14,15,18);5-8,17H,2-4H2,1H3,(H2,12,13,14)(H2,18,19,20);2-3,7,9,14H,4-6H2,1H3,(H2,11,12,15)(H2,16,17,18);2-3,7,9,13H,4-6H2,1H3,(H,11,14,15)(H2,16,17,18);1H4/t6-,7+;7-,8+;2*7-,9+;/m0000./s1. The van der Waals surface area contributed by atoms with E-state index in [1.807, 2.05) is 4.98 Å². The van der Waals surface area contributed by atoms with E-state index in [9.17, 15) is 57.9 Å². The summed E-state index contributed by atoms with van der Waals surface area (Å²) < 4.78 is 106. The third-order valence-corrected chi connectivity index (χ3v) is 12.9. The van der Waals surface area contributed by atoms with Crippen molar-refractivity contribution in [2.75, 3.05) is 125 Å². The van der Waals surface area contributed by atoms with Gasteiger partial charge in [-0.25, -0.2) is 47.8 Å². The van der Waals surface area contributed by atoms with Crippen molar-refractivity contribution in [3.05, 3.63) is 85.2 Å². The molecule has 0 bridgehead atoms. The van der Waals surface area contributed by atoms with Crippen molar-refractivity contribution in [2.45, 2.75) is 56.8 Å². The first-order valence-electron chi connectivity index (χ1n) is 25.8. The van der Waals surface area contributed by atoms with Gasteiger partial charge in [-0.1, -0.05) is 7.43 Å². The highest BCUT2D eigenvalue weighted by Crippen LogP contribution is 2.38. The SMILES string of the molecule is C.COC[C@@H](COP(=O)(O)O)O[C@H](CO)n1ccc(=O)[nH]c1=O.COC[C@@H](COP(=O)(O)O)O[C@H](CO)n1ccc(N)nc1=O.COC[C@@H](COP(=O)(O)O)O[C@H](CO)n1cnc2c(=O)[nH]c(N)nc21.COC[C@@H](COP(=O)(O)O)O[C@H](CO)n1cnc2c(N)ncnc21. The highest BCUT2D eigenvalue weighted by atomic mass is 31.2. The molecule has 0 saturated heterocycles. The van der Waals surface area contributed by atoms with Crippen molar-refractivity contribution in [3.8, 4) is 0 Å². The van der Waals surface area contributed by atoms with Crippen LogP contribution < -0.4 is 39.7 Å². The van der Waals surface area contributed by atoms with Crippen LogP contribution >= 0.6 is 31.3 Å². The van der Waals surface area contributed by atoms with Crippen molar-refractivity contribution in [2.24, 2.45) is 0 Å². The number of phosphoric acid groups is 4. The zero-order valence-corrected chi connectivity index (χ0v) is 52.7. The van der Waals surface area contributed by atoms with Crippen LogP contribution in [0.3, 0.4) is 0 Å². The van der Waals surface area contributed by atoms with Crippen LogP contribution in [0.15, 0.2) is 62.7 Å². The van der Waals surface area contributed by atoms with E-state index >= 15 is 0 Å². The summed E-state index contributed by atoms with van der Waals surface area (Å²) in [5.41, 5.74) is 14.6. The average molecular weight is 1440 g/mol. The van der Waals surface area contributed by atoms with E-state index in [1.54, 1.807) is 0 Å². The minimum atomic E-state index is -4.70. The van der Waals surface area contributed by atoms with Crippen LogP contribution in [0.5, 0.6) is 0 Å². The summed E-state index contributed by atoms with van der Waals surface area (Å²) in [6, 6.07) is 2.40. The topological polar surface area (TPSA) is 697 Å². The van der Waals surface area contributed by atoms with Crippen LogP contribution in [0.25, 0.3) is 22.3 Å². The Morgan fingerprint density at radius 3 is 1.22 bits per heavy atom. The number of aliphatic hydroxyl groups is 4. The van der Waals surface area contributed by atoms with Crippen LogP contribution in [0.4, 0.5) is 17.6 Å². The number of aromatic amines is 2. The number of nitrogens with one attached hydrogen (secondary N) is 2. The number of nitrogens with two attached hydrogens (primary N) is 3. The van der Waals surface area contributed by atoms with Gasteiger partial charge in [-0.3, -0.25) is 55.9 Å². The Morgan fingerprint density at radius 1 is 0.479 bits per heavy atom. The number of fused-ring (bicyclic) bond motifs is 2. The molecule has 0 aliphatic heterocycles. The lowest BCUT2D eigenvalue weighted by molar-refractivity contribution is -0.117. The molecule has 0 aliphatic rings. The van der Waals surface area contributed by atoms with Crippen molar-refractivity contribution >= 4 is 71.2 Å². The number of H-pyrrole nitrogens is 2. The first kappa shape index (κ1) is 83.9. The van der Waals surface area contributed by atoms with E-state index in [0.29, 0.717) is 11.2 Å². The maximum Gasteiger partial charge on any atom is 0.469 e. The molecule has 94 heavy (non-hydrogen) atoms. The second-order valence-electron chi connectivity index (χ2n) is 18.0. The molecule has 0 amide bonds. The first-order chi connectivity index (χ1) is 43.6. The first-order valence-corrected chi connectivity index (χ1v) is 31.9. The number of imidazole rings is 2. The Bertz CT molecular complexity index is 3670. The molecule has 0 saturated carbocycles. The van der Waals surface area contributed by atoms with Gasteiger partial charge in [0.25, 0.3) is 11.1 Å². The molecule has 0 aliphatic carbocycles. The fourth-order valence-corrected chi connectivity index (χ4v) is 8.62. The minimum Gasteiger partial charge on any atom is -0.392 e. The fourth-order valence-electron chi connectivity index (χ4n) is 7.18. The van der Waals surface area contributed by atoms with E-state index in [1.165, 1.54) is 68.8 Å². The van der Waals surface area contributed by atoms with E-state index in [0.717, 1.165) is 21.4 Å². The van der Waals surface area contributed by atoms with Crippen LogP contribution in [0.1, 0.15) is 32.3 Å². The summed E-state index contributed by atoms with van der Waals surface area (Å²) in [7, 11) is -13.3. The largest absolute Gasteiger partial charge is 0.469 e. The highest BCUT2D eigenvalue weighted by molar-refractivity contribution is 7.47. The van der Waals surface area contributed by atoms with E-state index in [-0.39, 0.29) is 62.6 Å². The molecule has 534 valence electrons. The Kier molecular flexibility index (Phi) is 36.1. The van der Waals surface area contributed by atoms with Gasteiger partial charge in [0.2, 0.25) is 5.95 Å². The van der Waals surface area contributed by atoms with Crippen LogP contribution in [-0.2, 0) is 74.3 Å². The second kappa shape index (κ2) is 40.4. The maximum atomic E-state index is 11.8. The van der Waals surface area contributed by atoms with Gasteiger partial charge in [-0.05, 0) is 6.07 Å². The predicted molar refractivity (Wildman–Crippen MR) is 317 cm³/mol. The second-order valence-corrected chi connectivity index (χ2v) is 22.9. The molecule has 6 rings (SSSR count). The molecule has 8 atom stereocenters. The third-order valence-electron chi connectivity index (χ3n) is 10.9. The number of nitrogens with zero attached hydrogens (tertiary/aromatic N) is 10. The van der Waals surface area contributed by atoms with Crippen LogP contribution in [0.2, 0.25) is 0 Å². The summed E-state index contributed by atoms with van der Waals surface area (Å²) in [6.45, 7) is -4.40. The van der Waals surface area contributed by atoms with Crippen molar-refractivity contribution < 1.29 is 134 Å². The van der Waals surface area contributed by atoms with Gasteiger partial charge in [0.15, 0.2) is 47.5 Å². The number of aliphatic hydroxyl groups excluding tert-OH is 4. The normalized spacial score (nSPS) is 14.6. The van der Waals surface area contributed by atoms with Gasteiger partial charge in [0.05, 0.1) is 91.9 Å². The summed E-state index contributed by atoms with van der Waals surface area (Å²) >= 11 is 0. The summed E-state index contributed by atoms with van der Waals surface area (Å²) in [5, 5.41) is 37.8. The van der Waals surface area contributed by atoms with E-state index in [2.05, 4.69) is 53.0 Å². The van der Waals surface area contributed by atoms with Gasteiger partial charge in [-0.2, -0.15) is 9.97 Å². The monoisotopic (exact) mass is 1440 g/mol. The van der Waals surface area contributed by atoms with Crippen LogP contribution in [0, 0.1) is 0 Å². The number of phosphoric ester groups is 4. The quantitative estimate of drug-likeness (QED) is 0.0163. The maximum absolute atomic E-state index is 11.8. The smallest absolute Gasteiger partial charge is 0.392 e. The zero-order chi connectivity index (χ0) is 69.9. The molecule has 0 spiro atoms. The van der Waals surface area contributed by atoms with Gasteiger partial charge < -0.3 is 115 Å². The number of hydrogen-bond acceptors (Lipinski definition) is 33. The molecule has 0 aromatic carbocycles. The Labute approximate surface area is 528 Å². The highest BCUT2D eigenvalue weighted by Gasteiger charge is 2.29. The van der Waals surface area contributed by atoms with Crippen LogP contribution in [-0.4, -0.2) is 250 Å². The molecule has 0 unspecified atom stereocenters. The Morgan fingerprint density at radius 2 is 0.851 bits per heavy atom. The number of anilines is 3. The van der Waals surface area contributed by atoms with Gasteiger partial charge >= 0.3 is 42.7 Å². The molecule has 47 nitrogen and oxygen atoms in total. The van der Waals surface area contributed by atoms with Gasteiger partial charge in [0, 0.05) is 46.9 Å². The Hall–Kier alpha value is -6.18. The van der Waals surface area contributed by atoms with Gasteiger partial charge in [-0.15, -0.1) is 0 Å². The molecule has 51 heteroatoms. The number of nitrogen functional groups attached to an aromatic ring is 3. The molecule has 20 N–H and O–H groups in total. The summed E-state index contributed by atoms with van der Waals surface area (Å²) in [6.07, 6.45) is -1.78. The zero-order valence-electron chi connectivity index (χ0n) is 49.2. The fraction of sp³-hybridized carbons (Fsp3) is 0.581. The number of methoxy groups -OCH3 is 4. The number of aromatic nitrogens is 12. The van der Waals surface area contributed by atoms with Crippen molar-refractivity contribution in [1.29, 1.82) is 0 Å². The lowest BCUT2D eigenvalue weighted by Gasteiger charge is -2.24. The molecule has 6 heterocycles. The summed E-state index contributed by atoms with van der Waals surface area (Å²) in [4.78, 5) is 143. The number of hydrogen-bond donors (Lipinski definition) is 17. The third kappa shape index (κ3) is 29.9. The average Bonchev–Trinajstić information content (AvgIpc) is 1.66. The summed E-state index contributed by atoms with van der Waals surface area (Å²) in [5.74, 6) is 0.0409. The van der Waals surface area contributed by atoms with E-state index < -0.39 is 156 Å². The lowest BCUT2D eigenvalue weighted by Crippen LogP contribution is -2.37. The van der Waals surface area contributed by atoms with Crippen molar-refractivity contribution in [1.82, 2.24) is 58.1 Å². The molecular formula is C43H75N15O32P4. The van der Waals surface area contributed by atoms with Gasteiger partial charge in [0.1, 0.15) is 42.1 Å². The molecule has 0 radical (unpaired) electrons. The number of ether oxygens (including phenoxy) is 8. The molecule has 6 aromatic heterocycles. The molecular weight excluding hydrogens is 1360 g/mol. The lowest BCUT2D eigenvalue weighted by atomic mass is 10.4. The predicted octanol–water partition coefficient (Wildman–Crippen LogP) is -5.36. The van der Waals surface area contributed by atoms with Crippen molar-refractivity contribution in [3.63, 3.8) is 0 Å². The Balaban J connectivity index is 0.000000426.